The Labute approximate surface area is 187 Å². The standard InChI is InChI=1S/C25H24ClN3O2/c26-19-7-5-8-20(16-19)27-25(30)29-17-18-6-1-2-9-21(18)24(28-12-14-31-15-13-28)22-10-3-4-11-23(22)29/h1-11,16,24H,12-15,17H2,(H,27,30). The molecule has 158 valence electrons. The molecule has 1 saturated heterocycles. The predicted molar refractivity (Wildman–Crippen MR) is 124 cm³/mol. The van der Waals surface area contributed by atoms with Crippen LogP contribution in [0.15, 0.2) is 72.8 Å². The minimum atomic E-state index is -0.174. The summed E-state index contributed by atoms with van der Waals surface area (Å²) in [4.78, 5) is 17.7. The number of rotatable bonds is 2. The van der Waals surface area contributed by atoms with Gasteiger partial charge in [-0.3, -0.25) is 9.80 Å². The second kappa shape index (κ2) is 8.71. The SMILES string of the molecule is O=C(Nc1cccc(Cl)c1)N1Cc2ccccc2C(N2CCOCC2)c2ccccc21. The Morgan fingerprint density at radius 3 is 2.48 bits per heavy atom. The van der Waals surface area contributed by atoms with E-state index in [-0.39, 0.29) is 12.1 Å². The number of benzene rings is 3. The smallest absolute Gasteiger partial charge is 0.326 e. The lowest BCUT2D eigenvalue weighted by Crippen LogP contribution is -2.39. The second-order valence-electron chi connectivity index (χ2n) is 7.84. The minimum absolute atomic E-state index is 0.0836. The van der Waals surface area contributed by atoms with Gasteiger partial charge >= 0.3 is 6.03 Å². The van der Waals surface area contributed by atoms with E-state index in [9.17, 15) is 4.79 Å². The summed E-state index contributed by atoms with van der Waals surface area (Å²) in [5.74, 6) is 0. The highest BCUT2D eigenvalue weighted by atomic mass is 35.5. The Hall–Kier alpha value is -2.86. The molecule has 1 unspecified atom stereocenters. The molecule has 3 aromatic rings. The Kier molecular flexibility index (Phi) is 5.64. The largest absolute Gasteiger partial charge is 0.379 e. The molecule has 1 atom stereocenters. The zero-order valence-electron chi connectivity index (χ0n) is 17.1. The lowest BCUT2D eigenvalue weighted by Gasteiger charge is -2.36. The maximum absolute atomic E-state index is 13.4. The van der Waals surface area contributed by atoms with Gasteiger partial charge in [0.05, 0.1) is 31.5 Å². The number of ether oxygens (including phenoxy) is 1. The minimum Gasteiger partial charge on any atom is -0.379 e. The quantitative estimate of drug-likeness (QED) is 0.595. The van der Waals surface area contributed by atoms with Crippen molar-refractivity contribution in [3.05, 3.63) is 94.5 Å². The first-order valence-corrected chi connectivity index (χ1v) is 10.9. The van der Waals surface area contributed by atoms with E-state index >= 15 is 0 Å². The van der Waals surface area contributed by atoms with Crippen molar-refractivity contribution in [1.82, 2.24) is 4.90 Å². The average Bonchev–Trinajstić information content (AvgIpc) is 2.94. The Bertz CT molecular complexity index is 1100. The number of hydrogen-bond donors (Lipinski definition) is 1. The van der Waals surface area contributed by atoms with Crippen LogP contribution < -0.4 is 10.2 Å². The van der Waals surface area contributed by atoms with Gasteiger partial charge in [0.15, 0.2) is 0 Å². The van der Waals surface area contributed by atoms with Crippen molar-refractivity contribution in [1.29, 1.82) is 0 Å². The molecular weight excluding hydrogens is 410 g/mol. The maximum atomic E-state index is 13.4. The third kappa shape index (κ3) is 4.04. The van der Waals surface area contributed by atoms with Crippen LogP contribution in [-0.2, 0) is 11.3 Å². The molecule has 2 heterocycles. The van der Waals surface area contributed by atoms with Crippen LogP contribution in [0.1, 0.15) is 22.7 Å². The molecule has 1 fully saturated rings. The normalized spacial score (nSPS) is 18.6. The lowest BCUT2D eigenvalue weighted by molar-refractivity contribution is 0.0240. The molecule has 0 aromatic heterocycles. The van der Waals surface area contributed by atoms with Gasteiger partial charge in [0, 0.05) is 23.8 Å². The summed E-state index contributed by atoms with van der Waals surface area (Å²) in [5, 5.41) is 3.60. The van der Waals surface area contributed by atoms with Gasteiger partial charge in [-0.1, -0.05) is 60.1 Å². The van der Waals surface area contributed by atoms with Crippen LogP contribution in [0.5, 0.6) is 0 Å². The highest BCUT2D eigenvalue weighted by molar-refractivity contribution is 6.30. The molecule has 2 amide bonds. The Morgan fingerprint density at radius 2 is 1.68 bits per heavy atom. The van der Waals surface area contributed by atoms with E-state index in [1.54, 1.807) is 12.1 Å². The summed E-state index contributed by atoms with van der Waals surface area (Å²) < 4.78 is 5.61. The summed E-state index contributed by atoms with van der Waals surface area (Å²) >= 11 is 6.11. The van der Waals surface area contributed by atoms with Crippen LogP contribution in [0.3, 0.4) is 0 Å². The molecular formula is C25H24ClN3O2. The summed E-state index contributed by atoms with van der Waals surface area (Å²) in [6.45, 7) is 3.67. The molecule has 2 aliphatic heterocycles. The van der Waals surface area contributed by atoms with Crippen LogP contribution in [0, 0.1) is 0 Å². The fourth-order valence-corrected chi connectivity index (χ4v) is 4.69. The lowest BCUT2D eigenvalue weighted by atomic mass is 9.93. The van der Waals surface area contributed by atoms with Gasteiger partial charge in [-0.05, 0) is 41.0 Å². The number of hydrogen-bond acceptors (Lipinski definition) is 3. The van der Waals surface area contributed by atoms with E-state index in [2.05, 4.69) is 34.5 Å². The van der Waals surface area contributed by atoms with Crippen molar-refractivity contribution in [2.75, 3.05) is 36.5 Å². The van der Waals surface area contributed by atoms with Crippen LogP contribution >= 0.6 is 11.6 Å². The number of urea groups is 1. The van der Waals surface area contributed by atoms with Gasteiger partial charge in [0.2, 0.25) is 0 Å². The number of carbonyl (C=O) groups is 1. The molecule has 0 spiro atoms. The van der Waals surface area contributed by atoms with Crippen LogP contribution in [0.4, 0.5) is 16.2 Å². The van der Waals surface area contributed by atoms with Crippen molar-refractivity contribution < 1.29 is 9.53 Å². The van der Waals surface area contributed by atoms with Crippen molar-refractivity contribution in [2.45, 2.75) is 12.6 Å². The fourth-order valence-electron chi connectivity index (χ4n) is 4.50. The van der Waals surface area contributed by atoms with E-state index in [0.29, 0.717) is 17.3 Å². The molecule has 2 aliphatic rings. The average molecular weight is 434 g/mol. The number of morpholine rings is 1. The van der Waals surface area contributed by atoms with Gasteiger partial charge in [-0.2, -0.15) is 0 Å². The van der Waals surface area contributed by atoms with Crippen LogP contribution in [0.25, 0.3) is 0 Å². The number of nitrogens with zero attached hydrogens (tertiary/aromatic N) is 2. The second-order valence-corrected chi connectivity index (χ2v) is 8.27. The molecule has 5 nitrogen and oxygen atoms in total. The highest BCUT2D eigenvalue weighted by Gasteiger charge is 2.33. The monoisotopic (exact) mass is 433 g/mol. The summed E-state index contributed by atoms with van der Waals surface area (Å²) in [6.07, 6.45) is 0. The first-order valence-electron chi connectivity index (χ1n) is 10.5. The number of nitrogens with one attached hydrogen (secondary N) is 1. The molecule has 0 saturated carbocycles. The molecule has 31 heavy (non-hydrogen) atoms. The van der Waals surface area contributed by atoms with E-state index in [4.69, 9.17) is 16.3 Å². The van der Waals surface area contributed by atoms with Gasteiger partial charge in [0.25, 0.3) is 0 Å². The fraction of sp³-hybridized carbons (Fsp3) is 0.240. The number of halogens is 1. The van der Waals surface area contributed by atoms with Crippen molar-refractivity contribution >= 4 is 29.0 Å². The Morgan fingerprint density at radius 1 is 0.935 bits per heavy atom. The molecule has 3 aromatic carbocycles. The van der Waals surface area contributed by atoms with Crippen molar-refractivity contribution in [2.24, 2.45) is 0 Å². The van der Waals surface area contributed by atoms with Gasteiger partial charge < -0.3 is 10.1 Å². The number of amides is 2. The van der Waals surface area contributed by atoms with E-state index in [1.807, 2.05) is 41.3 Å². The third-order valence-electron chi connectivity index (χ3n) is 5.93. The van der Waals surface area contributed by atoms with Gasteiger partial charge in [-0.25, -0.2) is 4.79 Å². The topological polar surface area (TPSA) is 44.8 Å². The van der Waals surface area contributed by atoms with Gasteiger partial charge in [-0.15, -0.1) is 0 Å². The van der Waals surface area contributed by atoms with E-state index < -0.39 is 0 Å². The highest BCUT2D eigenvalue weighted by Crippen LogP contribution is 2.41. The number of carbonyl (C=O) groups excluding carboxylic acids is 1. The van der Waals surface area contributed by atoms with Crippen LogP contribution in [0.2, 0.25) is 5.02 Å². The third-order valence-corrected chi connectivity index (χ3v) is 6.17. The van der Waals surface area contributed by atoms with E-state index in [0.717, 1.165) is 43.1 Å². The number of fused-ring (bicyclic) bond motifs is 2. The molecule has 0 aliphatic carbocycles. The molecule has 0 radical (unpaired) electrons. The van der Waals surface area contributed by atoms with E-state index in [1.165, 1.54) is 5.56 Å². The van der Waals surface area contributed by atoms with Crippen molar-refractivity contribution in [3.63, 3.8) is 0 Å². The first kappa shape index (κ1) is 20.1. The van der Waals surface area contributed by atoms with Gasteiger partial charge in [0.1, 0.15) is 0 Å². The molecule has 0 bridgehead atoms. The maximum Gasteiger partial charge on any atom is 0.326 e. The zero-order valence-corrected chi connectivity index (χ0v) is 17.9. The molecule has 1 N–H and O–H groups in total. The summed E-state index contributed by atoms with van der Waals surface area (Å²) in [7, 11) is 0. The van der Waals surface area contributed by atoms with Crippen molar-refractivity contribution in [3.8, 4) is 0 Å². The molecule has 6 heteroatoms. The summed E-state index contributed by atoms with van der Waals surface area (Å²) in [5.41, 5.74) is 5.13. The molecule has 5 rings (SSSR count). The number of anilines is 2. The summed E-state index contributed by atoms with van der Waals surface area (Å²) in [6, 6.07) is 23.8. The number of para-hydroxylation sites is 1. The first-order chi connectivity index (χ1) is 15.2. The zero-order chi connectivity index (χ0) is 21.2. The van der Waals surface area contributed by atoms with Crippen LogP contribution in [-0.4, -0.2) is 37.2 Å². The Balaban J connectivity index is 1.58. The predicted octanol–water partition coefficient (Wildman–Crippen LogP) is 5.31.